The van der Waals surface area contributed by atoms with Crippen molar-refractivity contribution >= 4 is 33.3 Å². The second kappa shape index (κ2) is 23.5. The molecule has 3 heterocycles. The van der Waals surface area contributed by atoms with Gasteiger partial charge < -0.3 is 25.4 Å². The molecule has 0 saturated heterocycles. The summed E-state index contributed by atoms with van der Waals surface area (Å²) >= 11 is 0. The van der Waals surface area contributed by atoms with Gasteiger partial charge >= 0.3 is 18.1 Å². The summed E-state index contributed by atoms with van der Waals surface area (Å²) in [4.78, 5) is 30.0. The number of anilines is 2. The molecule has 15 heteroatoms. The molecule has 0 fully saturated rings. The molecule has 7 rings (SSSR count). The average Bonchev–Trinajstić information content (AvgIpc) is 3.33. The minimum atomic E-state index is -4.65. The predicted octanol–water partition coefficient (Wildman–Crippen LogP) is 13.0. The average molecular weight is 996 g/mol. The molecule has 5 aromatic rings. The minimum absolute atomic E-state index is 0.0421. The molecule has 0 bridgehead atoms. The summed E-state index contributed by atoms with van der Waals surface area (Å²) < 4.78 is 78.7. The lowest BCUT2D eigenvalue weighted by molar-refractivity contribution is -0.162. The number of nitrogens with two attached hydrogens (primary N) is 1. The fraction of sp³-hybridized carbons (Fsp3) is 0.375. The van der Waals surface area contributed by atoms with E-state index in [0.717, 1.165) is 42.9 Å². The first kappa shape index (κ1) is 53.7. The van der Waals surface area contributed by atoms with Crippen LogP contribution in [0.5, 0.6) is 0 Å². The number of ether oxygens (including phenoxy) is 2. The van der Waals surface area contributed by atoms with Crippen LogP contribution < -0.4 is 10.5 Å². The molecule has 378 valence electrons. The van der Waals surface area contributed by atoms with Gasteiger partial charge in [-0.2, -0.15) is 21.6 Å². The van der Waals surface area contributed by atoms with Crippen molar-refractivity contribution in [1.29, 1.82) is 0 Å². The number of benzene rings is 4. The maximum absolute atomic E-state index is 13.4. The number of hydrogen-bond acceptors (Lipinski definition) is 10. The third kappa shape index (κ3) is 13.6. The van der Waals surface area contributed by atoms with Crippen LogP contribution in [0.4, 0.5) is 24.5 Å². The van der Waals surface area contributed by atoms with Crippen molar-refractivity contribution in [3.63, 3.8) is 0 Å². The number of nitrogens with zero attached hydrogens (tertiary/aromatic N) is 1. The van der Waals surface area contributed by atoms with E-state index in [1.54, 1.807) is 12.1 Å². The molecule has 0 spiro atoms. The quantitative estimate of drug-likeness (QED) is 0.0460. The Morgan fingerprint density at radius 1 is 0.662 bits per heavy atom. The summed E-state index contributed by atoms with van der Waals surface area (Å²) in [5, 5.41) is 21.6. The van der Waals surface area contributed by atoms with E-state index in [4.69, 9.17) is 15.2 Å². The number of pyridine rings is 1. The van der Waals surface area contributed by atoms with Gasteiger partial charge in [0.2, 0.25) is 0 Å². The summed E-state index contributed by atoms with van der Waals surface area (Å²) in [5.74, 6) is -1.69. The Morgan fingerprint density at radius 3 is 1.55 bits per heavy atom. The summed E-state index contributed by atoms with van der Waals surface area (Å²) in [6, 6.07) is 35.3. The Hall–Kier alpha value is -6.61. The van der Waals surface area contributed by atoms with E-state index in [1.807, 2.05) is 93.6 Å². The van der Waals surface area contributed by atoms with Crippen LogP contribution in [-0.4, -0.2) is 46.8 Å². The van der Waals surface area contributed by atoms with Gasteiger partial charge in [0, 0.05) is 42.2 Å². The Morgan fingerprint density at radius 2 is 1.14 bits per heavy atom. The smallest absolute Gasteiger partial charge is 0.417 e. The molecule has 0 saturated carbocycles. The van der Waals surface area contributed by atoms with Gasteiger partial charge in [-0.15, -0.1) is 0 Å². The zero-order valence-corrected chi connectivity index (χ0v) is 41.5. The minimum Gasteiger partial charge on any atom is -0.512 e. The van der Waals surface area contributed by atoms with Gasteiger partial charge in [-0.3, -0.25) is 4.72 Å². The predicted molar refractivity (Wildman–Crippen MR) is 269 cm³/mol. The fourth-order valence-electron chi connectivity index (χ4n) is 9.77. The third-order valence-corrected chi connectivity index (χ3v) is 14.5. The highest BCUT2D eigenvalue weighted by atomic mass is 32.2. The van der Waals surface area contributed by atoms with Crippen molar-refractivity contribution in [2.24, 2.45) is 0 Å². The van der Waals surface area contributed by atoms with Crippen molar-refractivity contribution in [2.75, 3.05) is 10.5 Å². The number of aliphatic hydroxyl groups is 2. The molecular formula is C56H64F3N3O8S. The number of nitrogens with one attached hydrogen (secondary N) is 1. The topological polar surface area (TPSA) is 178 Å². The van der Waals surface area contributed by atoms with Crippen molar-refractivity contribution in [3.8, 4) is 0 Å². The molecule has 2 aliphatic heterocycles. The van der Waals surface area contributed by atoms with Crippen molar-refractivity contribution < 1.29 is 50.9 Å². The SMILES string of the molecule is CCC[C@@]1(CCc2ccccc2)CC(O)=C(C(CC)c2cccc(N)c2)C(=O)O1.CCC[C@@]1(CCc2ccccc2)CC(O)=C(C(CC)c2cccc(NS(=O)(=O)c3ccc(C(F)(F)F)cn3)c2)C(=O)O1. The van der Waals surface area contributed by atoms with Crippen LogP contribution in [0.25, 0.3) is 0 Å². The largest absolute Gasteiger partial charge is 0.512 e. The number of alkyl halides is 3. The van der Waals surface area contributed by atoms with E-state index in [0.29, 0.717) is 74.0 Å². The van der Waals surface area contributed by atoms with Crippen LogP contribution in [0.2, 0.25) is 0 Å². The van der Waals surface area contributed by atoms with Gasteiger partial charge in [0.25, 0.3) is 10.0 Å². The standard InChI is InChI=1S/C31H33F3N2O5S.C25H31NO3/c1-3-16-30(17-15-21-9-6-5-7-10-21)19-26(37)28(29(38)41-30)25(4-2)22-11-8-12-24(18-22)36-42(39,40)27-14-13-23(20-35-27)31(32,33)34;1-3-14-25(15-13-18-9-6-5-7-10-18)17-22(27)23(24(28)29-25)21(4-2)19-11-8-12-20(26)16-19/h5-14,18,20,25,36-37H,3-4,15-17,19H2,1-2H3;5-12,16,21,27H,3-4,13-15,17,26H2,1-2H3/t25?,30-;21?,25-/m11/s1. The summed E-state index contributed by atoms with van der Waals surface area (Å²) in [5.41, 5.74) is 8.47. The Labute approximate surface area is 415 Å². The first-order chi connectivity index (χ1) is 33.8. The highest BCUT2D eigenvalue weighted by Gasteiger charge is 2.45. The van der Waals surface area contributed by atoms with Gasteiger partial charge in [-0.25, -0.2) is 14.6 Å². The number of hydrogen-bond donors (Lipinski definition) is 4. The molecule has 2 aliphatic rings. The molecule has 2 unspecified atom stereocenters. The zero-order valence-electron chi connectivity index (χ0n) is 40.7. The number of sulfonamides is 1. The number of nitrogen functional groups attached to an aromatic ring is 1. The van der Waals surface area contributed by atoms with Gasteiger partial charge in [-0.1, -0.05) is 125 Å². The molecule has 5 N–H and O–H groups in total. The normalized spacial score (nSPS) is 19.3. The first-order valence-electron chi connectivity index (χ1n) is 24.2. The van der Waals surface area contributed by atoms with Crippen LogP contribution in [0.15, 0.2) is 155 Å². The Kier molecular flexibility index (Phi) is 17.8. The summed E-state index contributed by atoms with van der Waals surface area (Å²) in [6.07, 6.45) is 3.17. The van der Waals surface area contributed by atoms with E-state index in [1.165, 1.54) is 17.7 Å². The van der Waals surface area contributed by atoms with Gasteiger partial charge in [0.15, 0.2) is 5.03 Å². The molecule has 71 heavy (non-hydrogen) atoms. The van der Waals surface area contributed by atoms with E-state index in [2.05, 4.69) is 28.8 Å². The summed E-state index contributed by atoms with van der Waals surface area (Å²) in [7, 11) is -4.30. The number of aromatic nitrogens is 1. The molecule has 1 aromatic heterocycles. The Bertz CT molecular complexity index is 2790. The molecule has 0 aliphatic carbocycles. The number of esters is 2. The molecule has 0 amide bonds. The van der Waals surface area contributed by atoms with E-state index in [9.17, 15) is 41.4 Å². The van der Waals surface area contributed by atoms with Crippen LogP contribution in [0.1, 0.15) is 132 Å². The molecule has 0 radical (unpaired) electrons. The monoisotopic (exact) mass is 995 g/mol. The van der Waals surface area contributed by atoms with Gasteiger partial charge in [-0.05, 0) is 110 Å². The lowest BCUT2D eigenvalue weighted by Crippen LogP contribution is -2.41. The fourth-order valence-corrected chi connectivity index (χ4v) is 10.8. The van der Waals surface area contributed by atoms with Crippen molar-refractivity contribution in [3.05, 3.63) is 178 Å². The van der Waals surface area contributed by atoms with Crippen LogP contribution in [-0.2, 0) is 48.1 Å². The number of rotatable bonds is 19. The second-order valence-electron chi connectivity index (χ2n) is 18.4. The first-order valence-corrected chi connectivity index (χ1v) is 25.7. The third-order valence-electron chi connectivity index (χ3n) is 13.2. The van der Waals surface area contributed by atoms with E-state index >= 15 is 0 Å². The molecule has 11 nitrogen and oxygen atoms in total. The molecular weight excluding hydrogens is 932 g/mol. The Balaban J connectivity index is 0.000000249. The van der Waals surface area contributed by atoms with E-state index < -0.39 is 55.8 Å². The molecule has 4 aromatic carbocycles. The number of halogens is 3. The number of carbonyl (C=O) groups is 2. The van der Waals surface area contributed by atoms with Crippen LogP contribution in [0.3, 0.4) is 0 Å². The van der Waals surface area contributed by atoms with Crippen LogP contribution >= 0.6 is 0 Å². The maximum Gasteiger partial charge on any atom is 0.417 e. The maximum atomic E-state index is 13.4. The van der Waals surface area contributed by atoms with Crippen LogP contribution in [0, 0.1) is 0 Å². The number of cyclic esters (lactones) is 2. The lowest BCUT2D eigenvalue weighted by Gasteiger charge is -2.38. The number of aliphatic hydroxyl groups excluding tert-OH is 2. The summed E-state index contributed by atoms with van der Waals surface area (Å²) in [6.45, 7) is 7.92. The van der Waals surface area contributed by atoms with E-state index in [-0.39, 0.29) is 35.1 Å². The van der Waals surface area contributed by atoms with Crippen molar-refractivity contribution in [2.45, 2.75) is 139 Å². The highest BCUT2D eigenvalue weighted by Crippen LogP contribution is 2.44. The number of aryl methyl sites for hydroxylation is 2. The lowest BCUT2D eigenvalue weighted by atomic mass is 9.80. The second-order valence-corrected chi connectivity index (χ2v) is 20.0. The highest BCUT2D eigenvalue weighted by molar-refractivity contribution is 7.92. The number of carbonyl (C=O) groups excluding carboxylic acids is 2. The molecule has 4 atom stereocenters. The van der Waals surface area contributed by atoms with Gasteiger partial charge in [0.1, 0.15) is 22.7 Å². The van der Waals surface area contributed by atoms with Gasteiger partial charge in [0.05, 0.1) is 16.7 Å². The zero-order chi connectivity index (χ0) is 51.4. The van der Waals surface area contributed by atoms with Crippen molar-refractivity contribution in [1.82, 2.24) is 4.98 Å².